The van der Waals surface area contributed by atoms with E-state index < -0.39 is 18.0 Å². The van der Waals surface area contributed by atoms with E-state index in [0.29, 0.717) is 5.56 Å². The standard InChI is InChI=1S/C11H13NO5/c1-17-9(14)5-6-2-3-8(13)7(4-6)10(12)11(15)16/h2-4,10,13H,5,12H2,1H3,(H,15,16)/t10-/m0/s1. The Morgan fingerprint density at radius 2 is 2.12 bits per heavy atom. The van der Waals surface area contributed by atoms with Gasteiger partial charge in [0.25, 0.3) is 0 Å². The molecule has 0 bridgehead atoms. The number of esters is 1. The van der Waals surface area contributed by atoms with Crippen molar-refractivity contribution < 1.29 is 24.5 Å². The van der Waals surface area contributed by atoms with Gasteiger partial charge in [-0.15, -0.1) is 0 Å². The van der Waals surface area contributed by atoms with Crippen LogP contribution in [0.25, 0.3) is 0 Å². The van der Waals surface area contributed by atoms with Gasteiger partial charge in [-0.05, 0) is 17.7 Å². The summed E-state index contributed by atoms with van der Waals surface area (Å²) in [5.41, 5.74) is 5.99. The summed E-state index contributed by atoms with van der Waals surface area (Å²) in [7, 11) is 1.26. The fraction of sp³-hybridized carbons (Fsp3) is 0.273. The maximum Gasteiger partial charge on any atom is 0.325 e. The van der Waals surface area contributed by atoms with E-state index in [1.165, 1.54) is 25.3 Å². The normalized spacial score (nSPS) is 11.9. The van der Waals surface area contributed by atoms with Crippen LogP contribution in [0.5, 0.6) is 5.75 Å². The van der Waals surface area contributed by atoms with Crippen LogP contribution >= 0.6 is 0 Å². The van der Waals surface area contributed by atoms with Gasteiger partial charge in [0.15, 0.2) is 0 Å². The molecule has 0 unspecified atom stereocenters. The predicted octanol–water partition coefficient (Wildman–Crippen LogP) is 0.192. The summed E-state index contributed by atoms with van der Waals surface area (Å²) in [5.74, 6) is -1.92. The smallest absolute Gasteiger partial charge is 0.325 e. The Bertz CT molecular complexity index is 443. The van der Waals surface area contributed by atoms with E-state index >= 15 is 0 Å². The zero-order chi connectivity index (χ0) is 13.0. The van der Waals surface area contributed by atoms with E-state index in [1.807, 2.05) is 0 Å². The first-order valence-electron chi connectivity index (χ1n) is 4.82. The number of carbonyl (C=O) groups is 2. The Balaban J connectivity index is 3.02. The molecule has 0 heterocycles. The molecule has 6 heteroatoms. The van der Waals surface area contributed by atoms with Crippen molar-refractivity contribution in [2.24, 2.45) is 5.73 Å². The SMILES string of the molecule is COC(=O)Cc1ccc(O)c([C@H](N)C(=O)O)c1. The minimum Gasteiger partial charge on any atom is -0.508 e. The van der Waals surface area contributed by atoms with E-state index in [2.05, 4.69) is 4.74 Å². The van der Waals surface area contributed by atoms with E-state index in [1.54, 1.807) is 0 Å². The Morgan fingerprint density at radius 3 is 2.65 bits per heavy atom. The summed E-state index contributed by atoms with van der Waals surface area (Å²) >= 11 is 0. The molecule has 0 spiro atoms. The van der Waals surface area contributed by atoms with Gasteiger partial charge in [-0.25, -0.2) is 0 Å². The number of phenolic OH excluding ortho intramolecular Hbond substituents is 1. The lowest BCUT2D eigenvalue weighted by atomic mass is 10.0. The lowest BCUT2D eigenvalue weighted by Gasteiger charge is -2.10. The summed E-state index contributed by atoms with van der Waals surface area (Å²) < 4.78 is 4.48. The number of ether oxygens (including phenoxy) is 1. The molecule has 17 heavy (non-hydrogen) atoms. The second kappa shape index (κ2) is 5.31. The van der Waals surface area contributed by atoms with Crippen LogP contribution in [0.15, 0.2) is 18.2 Å². The number of nitrogens with two attached hydrogens (primary N) is 1. The van der Waals surface area contributed by atoms with Crippen molar-refractivity contribution in [2.45, 2.75) is 12.5 Å². The van der Waals surface area contributed by atoms with Crippen molar-refractivity contribution in [3.05, 3.63) is 29.3 Å². The fourth-order valence-electron chi connectivity index (χ4n) is 1.33. The highest BCUT2D eigenvalue weighted by Gasteiger charge is 2.19. The van der Waals surface area contributed by atoms with Gasteiger partial charge in [-0.1, -0.05) is 6.07 Å². The number of methoxy groups -OCH3 is 1. The molecule has 0 aliphatic rings. The first-order chi connectivity index (χ1) is 7.95. The quantitative estimate of drug-likeness (QED) is 0.647. The van der Waals surface area contributed by atoms with Crippen molar-refractivity contribution in [3.63, 3.8) is 0 Å². The number of carboxylic acids is 1. The van der Waals surface area contributed by atoms with Crippen molar-refractivity contribution in [3.8, 4) is 5.75 Å². The summed E-state index contributed by atoms with van der Waals surface area (Å²) in [5, 5.41) is 18.2. The van der Waals surface area contributed by atoms with Crippen molar-refractivity contribution in [1.82, 2.24) is 0 Å². The zero-order valence-corrected chi connectivity index (χ0v) is 9.21. The highest BCUT2D eigenvalue weighted by Crippen LogP contribution is 2.24. The first-order valence-corrected chi connectivity index (χ1v) is 4.82. The van der Waals surface area contributed by atoms with Crippen LogP contribution in [0.1, 0.15) is 17.2 Å². The molecule has 92 valence electrons. The summed E-state index contributed by atoms with van der Waals surface area (Å²) in [6.45, 7) is 0. The summed E-state index contributed by atoms with van der Waals surface area (Å²) in [6, 6.07) is 2.86. The molecule has 0 saturated heterocycles. The summed E-state index contributed by atoms with van der Waals surface area (Å²) in [6.07, 6.45) is -0.00385. The number of carbonyl (C=O) groups excluding carboxylic acids is 1. The Hall–Kier alpha value is -2.08. The molecular formula is C11H13NO5. The minimum atomic E-state index is -1.33. The third kappa shape index (κ3) is 3.18. The van der Waals surface area contributed by atoms with Crippen LogP contribution in [0, 0.1) is 0 Å². The van der Waals surface area contributed by atoms with Crippen LogP contribution in [-0.4, -0.2) is 29.3 Å². The Kier molecular flexibility index (Phi) is 4.06. The third-order valence-corrected chi connectivity index (χ3v) is 2.27. The van der Waals surface area contributed by atoms with Crippen LogP contribution in [0.4, 0.5) is 0 Å². The second-order valence-electron chi connectivity index (χ2n) is 3.46. The number of phenols is 1. The third-order valence-electron chi connectivity index (χ3n) is 2.27. The molecule has 1 atom stereocenters. The van der Waals surface area contributed by atoms with Gasteiger partial charge >= 0.3 is 11.9 Å². The lowest BCUT2D eigenvalue weighted by Crippen LogP contribution is -2.21. The molecule has 0 fully saturated rings. The van der Waals surface area contributed by atoms with Gasteiger partial charge in [0.2, 0.25) is 0 Å². The van der Waals surface area contributed by atoms with Gasteiger partial charge in [-0.2, -0.15) is 0 Å². The maximum absolute atomic E-state index is 11.0. The molecular weight excluding hydrogens is 226 g/mol. The molecule has 0 radical (unpaired) electrons. The number of benzene rings is 1. The van der Waals surface area contributed by atoms with E-state index in [4.69, 9.17) is 10.8 Å². The van der Waals surface area contributed by atoms with Crippen molar-refractivity contribution in [2.75, 3.05) is 7.11 Å². The molecule has 1 aromatic rings. The van der Waals surface area contributed by atoms with E-state index in [-0.39, 0.29) is 17.7 Å². The molecule has 4 N–H and O–H groups in total. The van der Waals surface area contributed by atoms with Crippen LogP contribution < -0.4 is 5.73 Å². The first kappa shape index (κ1) is 13.0. The lowest BCUT2D eigenvalue weighted by molar-refractivity contribution is -0.140. The van der Waals surface area contributed by atoms with Crippen LogP contribution in [0.2, 0.25) is 0 Å². The number of hydrogen-bond donors (Lipinski definition) is 3. The van der Waals surface area contributed by atoms with Crippen molar-refractivity contribution in [1.29, 1.82) is 0 Å². The molecule has 0 aromatic heterocycles. The van der Waals surface area contributed by atoms with Crippen molar-refractivity contribution >= 4 is 11.9 Å². The van der Waals surface area contributed by atoms with Crippen LogP contribution in [0.3, 0.4) is 0 Å². The van der Waals surface area contributed by atoms with E-state index in [0.717, 1.165) is 0 Å². The molecule has 1 aromatic carbocycles. The average molecular weight is 239 g/mol. The van der Waals surface area contributed by atoms with Gasteiger partial charge in [-0.3, -0.25) is 9.59 Å². The minimum absolute atomic E-state index is 0.00385. The van der Waals surface area contributed by atoms with Gasteiger partial charge in [0, 0.05) is 5.56 Å². The monoisotopic (exact) mass is 239 g/mol. The maximum atomic E-state index is 11.0. The predicted molar refractivity (Wildman–Crippen MR) is 58.4 cm³/mol. The largest absolute Gasteiger partial charge is 0.508 e. The van der Waals surface area contributed by atoms with E-state index in [9.17, 15) is 14.7 Å². The van der Waals surface area contributed by atoms with Gasteiger partial charge in [0.05, 0.1) is 13.5 Å². The number of carboxylic acid groups (broad SMARTS) is 1. The number of hydrogen-bond acceptors (Lipinski definition) is 5. The molecule has 0 aliphatic heterocycles. The zero-order valence-electron chi connectivity index (χ0n) is 9.21. The molecule has 0 amide bonds. The average Bonchev–Trinajstić information content (AvgIpc) is 2.30. The van der Waals surface area contributed by atoms with Crippen LogP contribution in [-0.2, 0) is 20.7 Å². The number of rotatable bonds is 4. The molecule has 6 nitrogen and oxygen atoms in total. The Morgan fingerprint density at radius 1 is 1.47 bits per heavy atom. The summed E-state index contributed by atoms with van der Waals surface area (Å²) in [4.78, 5) is 21.8. The Labute approximate surface area is 97.6 Å². The topological polar surface area (TPSA) is 110 Å². The second-order valence-corrected chi connectivity index (χ2v) is 3.46. The fourth-order valence-corrected chi connectivity index (χ4v) is 1.33. The number of aromatic hydroxyl groups is 1. The molecule has 0 saturated carbocycles. The van der Waals surface area contributed by atoms with Gasteiger partial charge < -0.3 is 20.7 Å². The van der Waals surface area contributed by atoms with Gasteiger partial charge in [0.1, 0.15) is 11.8 Å². The molecule has 1 rings (SSSR count). The highest BCUT2D eigenvalue weighted by molar-refractivity contribution is 5.77. The highest BCUT2D eigenvalue weighted by atomic mass is 16.5. The molecule has 0 aliphatic carbocycles. The number of aliphatic carboxylic acids is 1.